The molecule has 2 nitrogen and oxygen atoms in total. The van der Waals surface area contributed by atoms with Gasteiger partial charge in [0.05, 0.1) is 12.0 Å². The van der Waals surface area contributed by atoms with Crippen molar-refractivity contribution in [2.75, 3.05) is 6.61 Å². The van der Waals surface area contributed by atoms with Crippen LogP contribution in [0.25, 0.3) is 0 Å². The minimum absolute atomic E-state index is 0.0515. The predicted molar refractivity (Wildman–Crippen MR) is 58.8 cm³/mol. The molecule has 1 aliphatic carbocycles. The van der Waals surface area contributed by atoms with Crippen LogP contribution in [0.2, 0.25) is 0 Å². The van der Waals surface area contributed by atoms with Gasteiger partial charge in [0.1, 0.15) is 5.82 Å². The lowest BCUT2D eigenvalue weighted by Gasteiger charge is -2.38. The van der Waals surface area contributed by atoms with E-state index in [0.29, 0.717) is 11.1 Å². The molecule has 3 heteroatoms. The van der Waals surface area contributed by atoms with Gasteiger partial charge in [-0.2, -0.15) is 0 Å². The molecule has 0 aromatic heterocycles. The van der Waals surface area contributed by atoms with E-state index in [4.69, 9.17) is 0 Å². The van der Waals surface area contributed by atoms with Crippen molar-refractivity contribution in [1.82, 2.24) is 0 Å². The molecule has 0 heterocycles. The van der Waals surface area contributed by atoms with E-state index in [0.717, 1.165) is 19.3 Å². The van der Waals surface area contributed by atoms with E-state index in [-0.39, 0.29) is 18.2 Å². The molecule has 0 aliphatic heterocycles. The lowest BCUT2D eigenvalue weighted by Crippen LogP contribution is -2.41. The molecule has 0 amide bonds. The number of benzene rings is 1. The van der Waals surface area contributed by atoms with Crippen LogP contribution in [-0.4, -0.2) is 17.5 Å². The molecule has 86 valence electrons. The van der Waals surface area contributed by atoms with E-state index in [9.17, 15) is 14.3 Å². The SMILES string of the molecule is Cc1cc(C(=O)C2(CO)CCC2)ccc1F. The molecule has 2 rings (SSSR count). The number of carbonyl (C=O) groups is 1. The van der Waals surface area contributed by atoms with Crippen molar-refractivity contribution in [3.05, 3.63) is 35.1 Å². The third kappa shape index (κ3) is 1.65. The van der Waals surface area contributed by atoms with Crippen LogP contribution in [0.5, 0.6) is 0 Å². The van der Waals surface area contributed by atoms with Gasteiger partial charge in [-0.25, -0.2) is 4.39 Å². The van der Waals surface area contributed by atoms with Crippen molar-refractivity contribution in [2.24, 2.45) is 5.41 Å². The summed E-state index contributed by atoms with van der Waals surface area (Å²) < 4.78 is 13.1. The first-order valence-corrected chi connectivity index (χ1v) is 5.51. The minimum Gasteiger partial charge on any atom is -0.395 e. The number of hydrogen-bond acceptors (Lipinski definition) is 2. The van der Waals surface area contributed by atoms with Crippen LogP contribution >= 0.6 is 0 Å². The van der Waals surface area contributed by atoms with E-state index >= 15 is 0 Å². The van der Waals surface area contributed by atoms with E-state index < -0.39 is 5.41 Å². The highest BCUT2D eigenvalue weighted by Gasteiger charge is 2.43. The summed E-state index contributed by atoms with van der Waals surface area (Å²) in [6, 6.07) is 4.38. The second-order valence-electron chi connectivity index (χ2n) is 4.59. The highest BCUT2D eigenvalue weighted by molar-refractivity contribution is 6.01. The van der Waals surface area contributed by atoms with Crippen molar-refractivity contribution in [3.63, 3.8) is 0 Å². The van der Waals surface area contributed by atoms with E-state index in [1.165, 1.54) is 12.1 Å². The van der Waals surface area contributed by atoms with Gasteiger partial charge in [0, 0.05) is 5.56 Å². The maximum Gasteiger partial charge on any atom is 0.171 e. The van der Waals surface area contributed by atoms with Gasteiger partial charge in [-0.05, 0) is 43.5 Å². The Hall–Kier alpha value is -1.22. The van der Waals surface area contributed by atoms with Gasteiger partial charge in [0.2, 0.25) is 0 Å². The molecule has 0 bridgehead atoms. The zero-order valence-electron chi connectivity index (χ0n) is 9.29. The Morgan fingerprint density at radius 2 is 2.19 bits per heavy atom. The van der Waals surface area contributed by atoms with Crippen LogP contribution in [-0.2, 0) is 0 Å². The maximum absolute atomic E-state index is 13.1. The van der Waals surface area contributed by atoms with Gasteiger partial charge in [0.15, 0.2) is 5.78 Å². The summed E-state index contributed by atoms with van der Waals surface area (Å²) in [6.07, 6.45) is 2.45. The summed E-state index contributed by atoms with van der Waals surface area (Å²) in [5.74, 6) is -0.354. The zero-order valence-corrected chi connectivity index (χ0v) is 9.29. The lowest BCUT2D eigenvalue weighted by molar-refractivity contribution is 0.0348. The van der Waals surface area contributed by atoms with Crippen molar-refractivity contribution < 1.29 is 14.3 Å². The second kappa shape index (κ2) is 3.98. The molecule has 1 aromatic rings. The van der Waals surface area contributed by atoms with Crippen molar-refractivity contribution >= 4 is 5.78 Å². The Bertz CT molecular complexity index is 416. The highest BCUT2D eigenvalue weighted by atomic mass is 19.1. The fraction of sp³-hybridized carbons (Fsp3) is 0.462. The average molecular weight is 222 g/mol. The van der Waals surface area contributed by atoms with Gasteiger partial charge in [-0.1, -0.05) is 6.42 Å². The summed E-state index contributed by atoms with van der Waals surface area (Å²) in [5.41, 5.74) is 0.385. The summed E-state index contributed by atoms with van der Waals surface area (Å²) in [4.78, 5) is 12.2. The predicted octanol–water partition coefficient (Wildman–Crippen LogP) is 2.48. The Morgan fingerprint density at radius 1 is 1.50 bits per heavy atom. The average Bonchev–Trinajstić information content (AvgIpc) is 2.21. The van der Waals surface area contributed by atoms with Gasteiger partial charge < -0.3 is 5.11 Å². The highest BCUT2D eigenvalue weighted by Crippen LogP contribution is 2.43. The standard InChI is InChI=1S/C13H15FO2/c1-9-7-10(3-4-11(9)14)12(16)13(8-15)5-2-6-13/h3-4,7,15H,2,5-6,8H2,1H3. The molecule has 1 fully saturated rings. The fourth-order valence-corrected chi connectivity index (χ4v) is 2.15. The molecule has 0 radical (unpaired) electrons. The molecular formula is C13H15FO2. The Balaban J connectivity index is 2.30. The van der Waals surface area contributed by atoms with E-state index in [2.05, 4.69) is 0 Å². The Morgan fingerprint density at radius 3 is 2.62 bits per heavy atom. The third-order valence-electron chi connectivity index (χ3n) is 3.52. The third-order valence-corrected chi connectivity index (χ3v) is 3.52. The smallest absolute Gasteiger partial charge is 0.171 e. The maximum atomic E-state index is 13.1. The first kappa shape index (κ1) is 11.3. The number of carbonyl (C=O) groups excluding carboxylic acids is 1. The fourth-order valence-electron chi connectivity index (χ4n) is 2.15. The number of hydrogen-bond donors (Lipinski definition) is 1. The number of aryl methyl sites for hydroxylation is 1. The monoisotopic (exact) mass is 222 g/mol. The van der Waals surface area contributed by atoms with Crippen LogP contribution in [0, 0.1) is 18.2 Å². The van der Waals surface area contributed by atoms with Gasteiger partial charge in [0.25, 0.3) is 0 Å². The van der Waals surface area contributed by atoms with Crippen LogP contribution in [0.15, 0.2) is 18.2 Å². The van der Waals surface area contributed by atoms with E-state index in [1.54, 1.807) is 13.0 Å². The number of rotatable bonds is 3. The lowest BCUT2D eigenvalue weighted by atomic mass is 9.65. The van der Waals surface area contributed by atoms with Crippen LogP contribution < -0.4 is 0 Å². The number of aliphatic hydroxyl groups excluding tert-OH is 1. The van der Waals surface area contributed by atoms with Crippen molar-refractivity contribution in [2.45, 2.75) is 26.2 Å². The van der Waals surface area contributed by atoms with Crippen molar-refractivity contribution in [1.29, 1.82) is 0 Å². The largest absolute Gasteiger partial charge is 0.395 e. The molecule has 1 N–H and O–H groups in total. The summed E-state index contributed by atoms with van der Waals surface area (Å²) in [7, 11) is 0. The normalized spacial score (nSPS) is 17.9. The van der Waals surface area contributed by atoms with Crippen LogP contribution in [0.3, 0.4) is 0 Å². The summed E-state index contributed by atoms with van der Waals surface area (Å²) >= 11 is 0. The minimum atomic E-state index is -0.593. The molecule has 1 saturated carbocycles. The van der Waals surface area contributed by atoms with Crippen LogP contribution in [0.1, 0.15) is 35.2 Å². The molecule has 1 aliphatic rings. The first-order valence-electron chi connectivity index (χ1n) is 5.51. The molecule has 0 atom stereocenters. The summed E-state index contributed by atoms with van der Waals surface area (Å²) in [5, 5.41) is 9.30. The number of halogens is 1. The molecule has 0 unspecified atom stereocenters. The van der Waals surface area contributed by atoms with E-state index in [1.807, 2.05) is 0 Å². The van der Waals surface area contributed by atoms with Crippen LogP contribution in [0.4, 0.5) is 4.39 Å². The van der Waals surface area contributed by atoms with Crippen molar-refractivity contribution in [3.8, 4) is 0 Å². The van der Waals surface area contributed by atoms with Gasteiger partial charge in [-0.3, -0.25) is 4.79 Å². The summed E-state index contributed by atoms with van der Waals surface area (Å²) in [6.45, 7) is 1.53. The molecule has 1 aromatic carbocycles. The first-order chi connectivity index (χ1) is 7.59. The van der Waals surface area contributed by atoms with Gasteiger partial charge in [-0.15, -0.1) is 0 Å². The molecule has 0 saturated heterocycles. The number of Topliss-reactive ketones (excluding diaryl/α,β-unsaturated/α-hetero) is 1. The molecular weight excluding hydrogens is 207 g/mol. The second-order valence-corrected chi connectivity index (χ2v) is 4.59. The van der Waals surface area contributed by atoms with Gasteiger partial charge >= 0.3 is 0 Å². The molecule has 0 spiro atoms. The number of aliphatic hydroxyl groups is 1. The zero-order chi connectivity index (χ0) is 11.8. The number of ketones is 1. The Kier molecular flexibility index (Phi) is 2.80. The quantitative estimate of drug-likeness (QED) is 0.798. The molecule has 16 heavy (non-hydrogen) atoms. The Labute approximate surface area is 94.1 Å². The topological polar surface area (TPSA) is 37.3 Å².